The number of nitrogens with zero attached hydrogens (tertiary/aromatic N) is 2. The van der Waals surface area contributed by atoms with E-state index in [4.69, 9.17) is 4.42 Å². The second-order valence-corrected chi connectivity index (χ2v) is 4.53. The van der Waals surface area contributed by atoms with Gasteiger partial charge >= 0.3 is 6.03 Å². The van der Waals surface area contributed by atoms with Crippen molar-refractivity contribution < 1.29 is 9.21 Å². The van der Waals surface area contributed by atoms with E-state index in [-0.39, 0.29) is 6.03 Å². The van der Waals surface area contributed by atoms with E-state index in [1.165, 1.54) is 0 Å². The Kier molecular flexibility index (Phi) is 4.60. The van der Waals surface area contributed by atoms with Gasteiger partial charge in [-0.1, -0.05) is 0 Å². The molecule has 0 spiro atoms. The van der Waals surface area contributed by atoms with Gasteiger partial charge < -0.3 is 20.0 Å². The number of urea groups is 1. The van der Waals surface area contributed by atoms with Crippen molar-refractivity contribution in [2.75, 3.05) is 19.0 Å². The van der Waals surface area contributed by atoms with Gasteiger partial charge in [0.1, 0.15) is 11.6 Å². The van der Waals surface area contributed by atoms with Gasteiger partial charge in [-0.25, -0.2) is 9.78 Å². The molecular weight excluding hydrogens is 256 g/mol. The first-order valence-electron chi connectivity index (χ1n) is 6.31. The zero-order chi connectivity index (χ0) is 14.4. The first kappa shape index (κ1) is 13.9. The van der Waals surface area contributed by atoms with Crippen molar-refractivity contribution >= 4 is 11.8 Å². The zero-order valence-corrected chi connectivity index (χ0v) is 11.6. The molecule has 0 aliphatic heterocycles. The van der Waals surface area contributed by atoms with Crippen LogP contribution in [0.4, 0.5) is 10.6 Å². The summed E-state index contributed by atoms with van der Waals surface area (Å²) in [6.45, 7) is 0.825. The van der Waals surface area contributed by atoms with Crippen LogP contribution in [0.3, 0.4) is 0 Å². The molecule has 0 saturated heterocycles. The number of carbonyl (C=O) groups is 1. The number of hydrogen-bond acceptors (Lipinski definition) is 4. The van der Waals surface area contributed by atoms with E-state index in [1.54, 1.807) is 18.5 Å². The zero-order valence-electron chi connectivity index (χ0n) is 11.6. The van der Waals surface area contributed by atoms with Gasteiger partial charge in [0.05, 0.1) is 12.8 Å². The maximum absolute atomic E-state index is 11.6. The summed E-state index contributed by atoms with van der Waals surface area (Å²) in [6, 6.07) is 7.18. The van der Waals surface area contributed by atoms with Gasteiger partial charge in [0, 0.05) is 26.8 Å². The highest BCUT2D eigenvalue weighted by molar-refractivity contribution is 5.73. The molecule has 0 aromatic carbocycles. The van der Waals surface area contributed by atoms with Crippen LogP contribution in [-0.4, -0.2) is 25.1 Å². The molecule has 2 aromatic rings. The number of hydrogen-bond donors (Lipinski definition) is 2. The Morgan fingerprint density at radius 2 is 2.10 bits per heavy atom. The monoisotopic (exact) mass is 274 g/mol. The van der Waals surface area contributed by atoms with Crippen LogP contribution in [-0.2, 0) is 13.1 Å². The number of nitrogens with one attached hydrogen (secondary N) is 2. The molecule has 106 valence electrons. The molecule has 2 N–H and O–H groups in total. The SMILES string of the molecule is CN(C)c1cc(CNC(=O)NCc2ccco2)ccn1. The fourth-order valence-electron chi connectivity index (χ4n) is 1.64. The molecule has 0 bridgehead atoms. The third-order valence-electron chi connectivity index (χ3n) is 2.72. The molecule has 0 radical (unpaired) electrons. The van der Waals surface area contributed by atoms with Crippen molar-refractivity contribution in [3.8, 4) is 0 Å². The summed E-state index contributed by atoms with van der Waals surface area (Å²) < 4.78 is 5.13. The summed E-state index contributed by atoms with van der Waals surface area (Å²) in [5, 5.41) is 5.51. The Labute approximate surface area is 117 Å². The Morgan fingerprint density at radius 1 is 1.30 bits per heavy atom. The van der Waals surface area contributed by atoms with Crippen molar-refractivity contribution in [3.63, 3.8) is 0 Å². The van der Waals surface area contributed by atoms with Crippen LogP contribution in [0.25, 0.3) is 0 Å². The standard InChI is InChI=1S/C14H18N4O2/c1-18(2)13-8-11(5-6-15-13)9-16-14(19)17-10-12-4-3-7-20-12/h3-8H,9-10H2,1-2H3,(H2,16,17,19). The van der Waals surface area contributed by atoms with E-state index in [2.05, 4.69) is 15.6 Å². The third-order valence-corrected chi connectivity index (χ3v) is 2.72. The Hall–Kier alpha value is -2.50. The first-order chi connectivity index (χ1) is 9.65. The van der Waals surface area contributed by atoms with Crippen molar-refractivity contribution in [2.24, 2.45) is 0 Å². The molecule has 2 aromatic heterocycles. The second kappa shape index (κ2) is 6.60. The summed E-state index contributed by atoms with van der Waals surface area (Å²) in [7, 11) is 3.85. The Balaban J connectivity index is 1.79. The molecule has 2 rings (SSSR count). The molecule has 2 heterocycles. The number of anilines is 1. The average molecular weight is 274 g/mol. The summed E-state index contributed by atoms with van der Waals surface area (Å²) in [5.74, 6) is 1.58. The number of furan rings is 1. The minimum atomic E-state index is -0.232. The van der Waals surface area contributed by atoms with Crippen LogP contribution in [0.15, 0.2) is 41.1 Å². The average Bonchev–Trinajstić information content (AvgIpc) is 2.96. The van der Waals surface area contributed by atoms with Gasteiger partial charge in [-0.3, -0.25) is 0 Å². The molecule has 20 heavy (non-hydrogen) atoms. The first-order valence-corrected chi connectivity index (χ1v) is 6.31. The van der Waals surface area contributed by atoms with Crippen molar-refractivity contribution in [1.82, 2.24) is 15.6 Å². The summed E-state index contributed by atoms with van der Waals surface area (Å²) in [5.41, 5.74) is 0.997. The van der Waals surface area contributed by atoms with Gasteiger partial charge in [-0.2, -0.15) is 0 Å². The maximum atomic E-state index is 11.6. The molecular formula is C14H18N4O2. The highest BCUT2D eigenvalue weighted by atomic mass is 16.3. The smallest absolute Gasteiger partial charge is 0.315 e. The molecule has 0 saturated carbocycles. The van der Waals surface area contributed by atoms with Gasteiger partial charge in [0.15, 0.2) is 0 Å². The van der Waals surface area contributed by atoms with Gasteiger partial charge in [0.2, 0.25) is 0 Å². The number of aromatic nitrogens is 1. The molecule has 0 fully saturated rings. The summed E-state index contributed by atoms with van der Waals surface area (Å²) >= 11 is 0. The van der Waals surface area contributed by atoms with Crippen molar-refractivity contribution in [2.45, 2.75) is 13.1 Å². The Bertz CT molecular complexity index is 552. The van der Waals surface area contributed by atoms with E-state index >= 15 is 0 Å². The second-order valence-electron chi connectivity index (χ2n) is 4.53. The van der Waals surface area contributed by atoms with Gasteiger partial charge in [-0.15, -0.1) is 0 Å². The summed E-state index contributed by atoms with van der Waals surface area (Å²) in [4.78, 5) is 17.8. The molecule has 0 atom stereocenters. The molecule has 0 aliphatic rings. The Morgan fingerprint density at radius 3 is 2.80 bits per heavy atom. The van der Waals surface area contributed by atoms with E-state index in [1.807, 2.05) is 37.2 Å². The predicted molar refractivity (Wildman–Crippen MR) is 76.3 cm³/mol. The molecule has 2 amide bonds. The fourth-order valence-corrected chi connectivity index (χ4v) is 1.64. The number of rotatable bonds is 5. The van der Waals surface area contributed by atoms with Crippen molar-refractivity contribution in [1.29, 1.82) is 0 Å². The van der Waals surface area contributed by atoms with E-state index in [0.29, 0.717) is 13.1 Å². The van der Waals surface area contributed by atoms with Crippen LogP contribution in [0.1, 0.15) is 11.3 Å². The lowest BCUT2D eigenvalue weighted by Gasteiger charge is -2.12. The van der Waals surface area contributed by atoms with Crippen LogP contribution >= 0.6 is 0 Å². The molecule has 6 nitrogen and oxygen atoms in total. The van der Waals surface area contributed by atoms with E-state index in [9.17, 15) is 4.79 Å². The van der Waals surface area contributed by atoms with Gasteiger partial charge in [-0.05, 0) is 29.8 Å². The lowest BCUT2D eigenvalue weighted by molar-refractivity contribution is 0.239. The maximum Gasteiger partial charge on any atom is 0.315 e. The van der Waals surface area contributed by atoms with Crippen LogP contribution in [0, 0.1) is 0 Å². The highest BCUT2D eigenvalue weighted by Gasteiger charge is 2.03. The van der Waals surface area contributed by atoms with Gasteiger partial charge in [0.25, 0.3) is 0 Å². The highest BCUT2D eigenvalue weighted by Crippen LogP contribution is 2.09. The molecule has 6 heteroatoms. The fraction of sp³-hybridized carbons (Fsp3) is 0.286. The van der Waals surface area contributed by atoms with Crippen LogP contribution < -0.4 is 15.5 Å². The van der Waals surface area contributed by atoms with Crippen LogP contribution in [0.2, 0.25) is 0 Å². The van der Waals surface area contributed by atoms with E-state index < -0.39 is 0 Å². The topological polar surface area (TPSA) is 70.4 Å². The minimum Gasteiger partial charge on any atom is -0.467 e. The minimum absolute atomic E-state index is 0.232. The largest absolute Gasteiger partial charge is 0.467 e. The number of amides is 2. The van der Waals surface area contributed by atoms with Crippen molar-refractivity contribution in [3.05, 3.63) is 48.0 Å². The third kappa shape index (κ3) is 4.01. The summed E-state index contributed by atoms with van der Waals surface area (Å²) in [6.07, 6.45) is 3.31. The number of pyridine rings is 1. The van der Waals surface area contributed by atoms with E-state index in [0.717, 1.165) is 17.1 Å². The van der Waals surface area contributed by atoms with Crippen LogP contribution in [0.5, 0.6) is 0 Å². The quantitative estimate of drug-likeness (QED) is 0.871. The number of carbonyl (C=O) groups excluding carboxylic acids is 1. The lowest BCUT2D eigenvalue weighted by atomic mass is 10.2. The lowest BCUT2D eigenvalue weighted by Crippen LogP contribution is -2.34. The molecule has 0 unspecified atom stereocenters. The predicted octanol–water partition coefficient (Wildman–Crippen LogP) is 1.74. The molecule has 0 aliphatic carbocycles. The normalized spacial score (nSPS) is 10.1.